The van der Waals surface area contributed by atoms with E-state index in [1.165, 1.54) is 7.11 Å². The van der Waals surface area contributed by atoms with E-state index < -0.39 is 10.0 Å². The van der Waals surface area contributed by atoms with Gasteiger partial charge in [-0.05, 0) is 50.1 Å². The molecule has 0 unspecified atom stereocenters. The highest BCUT2D eigenvalue weighted by Crippen LogP contribution is 2.33. The van der Waals surface area contributed by atoms with Crippen molar-refractivity contribution in [2.75, 3.05) is 24.5 Å². The average Bonchev–Trinajstić information content (AvgIpc) is 2.66. The van der Waals surface area contributed by atoms with Crippen LogP contribution in [-0.2, 0) is 14.8 Å². The van der Waals surface area contributed by atoms with Gasteiger partial charge in [-0.2, -0.15) is 0 Å². The van der Waals surface area contributed by atoms with Crippen LogP contribution in [0.5, 0.6) is 5.75 Å². The molecule has 1 N–H and O–H groups in total. The molecule has 0 radical (unpaired) electrons. The lowest BCUT2D eigenvalue weighted by Crippen LogP contribution is -2.41. The SMILES string of the molecule is CCCCNC(=O)CN(c1cc(C)ccc1OC)S(=O)(=O)c1ccc(C)cc1. The molecule has 0 heterocycles. The first-order valence-electron chi connectivity index (χ1n) is 9.30. The fourth-order valence-corrected chi connectivity index (χ4v) is 4.15. The number of carbonyl (C=O) groups is 1. The van der Waals surface area contributed by atoms with E-state index in [1.54, 1.807) is 36.4 Å². The molecule has 0 saturated carbocycles. The molecular weight excluding hydrogens is 376 g/mol. The molecule has 2 aromatic rings. The standard InChI is InChI=1S/C21H28N2O4S/c1-5-6-13-22-21(24)15-23(19-14-17(3)9-12-20(19)27-4)28(25,26)18-10-7-16(2)8-11-18/h7-12,14H,5-6,13,15H2,1-4H3,(H,22,24). The molecule has 0 atom stereocenters. The number of unbranched alkanes of at least 4 members (excludes halogenated alkanes) is 1. The summed E-state index contributed by atoms with van der Waals surface area (Å²) in [6.45, 7) is 5.97. The van der Waals surface area contributed by atoms with Gasteiger partial charge in [0.2, 0.25) is 5.91 Å². The zero-order valence-electron chi connectivity index (χ0n) is 16.9. The topological polar surface area (TPSA) is 75.7 Å². The summed E-state index contributed by atoms with van der Waals surface area (Å²) in [7, 11) is -2.48. The largest absolute Gasteiger partial charge is 0.495 e. The molecule has 0 saturated heterocycles. The van der Waals surface area contributed by atoms with E-state index in [4.69, 9.17) is 4.74 Å². The van der Waals surface area contributed by atoms with Crippen LogP contribution in [0.1, 0.15) is 30.9 Å². The second-order valence-electron chi connectivity index (χ2n) is 6.70. The quantitative estimate of drug-likeness (QED) is 0.650. The van der Waals surface area contributed by atoms with Crippen molar-refractivity contribution in [3.63, 3.8) is 0 Å². The van der Waals surface area contributed by atoms with Gasteiger partial charge in [-0.3, -0.25) is 9.10 Å². The van der Waals surface area contributed by atoms with Gasteiger partial charge in [-0.15, -0.1) is 0 Å². The predicted molar refractivity (Wildman–Crippen MR) is 111 cm³/mol. The molecule has 0 spiro atoms. The summed E-state index contributed by atoms with van der Waals surface area (Å²) in [4.78, 5) is 12.6. The molecule has 0 aliphatic heterocycles. The number of methoxy groups -OCH3 is 1. The van der Waals surface area contributed by atoms with E-state index >= 15 is 0 Å². The van der Waals surface area contributed by atoms with E-state index in [2.05, 4.69) is 5.32 Å². The first-order chi connectivity index (χ1) is 13.3. The minimum absolute atomic E-state index is 0.128. The molecule has 1 amide bonds. The number of hydrogen-bond donors (Lipinski definition) is 1. The van der Waals surface area contributed by atoms with Crippen LogP contribution >= 0.6 is 0 Å². The molecule has 0 aliphatic carbocycles. The Kier molecular flexibility index (Phi) is 7.45. The van der Waals surface area contributed by atoms with Gasteiger partial charge in [-0.25, -0.2) is 8.42 Å². The number of carbonyl (C=O) groups excluding carboxylic acids is 1. The highest BCUT2D eigenvalue weighted by molar-refractivity contribution is 7.92. The molecule has 152 valence electrons. The van der Waals surface area contributed by atoms with Crippen molar-refractivity contribution in [3.05, 3.63) is 53.6 Å². The normalized spacial score (nSPS) is 11.1. The Morgan fingerprint density at radius 3 is 2.32 bits per heavy atom. The summed E-state index contributed by atoms with van der Waals surface area (Å²) in [5.74, 6) is 0.0374. The smallest absolute Gasteiger partial charge is 0.264 e. The number of aryl methyl sites for hydroxylation is 2. The Morgan fingerprint density at radius 2 is 1.71 bits per heavy atom. The molecule has 2 aromatic carbocycles. The predicted octanol–water partition coefficient (Wildman–Crippen LogP) is 3.42. The van der Waals surface area contributed by atoms with Crippen molar-refractivity contribution < 1.29 is 17.9 Å². The van der Waals surface area contributed by atoms with Gasteiger partial charge in [-0.1, -0.05) is 37.1 Å². The monoisotopic (exact) mass is 404 g/mol. The third-order valence-corrected chi connectivity index (χ3v) is 6.13. The van der Waals surface area contributed by atoms with Crippen molar-refractivity contribution in [3.8, 4) is 5.75 Å². The number of amides is 1. The summed E-state index contributed by atoms with van der Waals surface area (Å²) < 4.78 is 33.2. The van der Waals surface area contributed by atoms with Crippen LogP contribution in [0.15, 0.2) is 47.4 Å². The van der Waals surface area contributed by atoms with Crippen molar-refractivity contribution in [1.29, 1.82) is 0 Å². The Labute approximate surface area is 167 Å². The lowest BCUT2D eigenvalue weighted by molar-refractivity contribution is -0.119. The summed E-state index contributed by atoms with van der Waals surface area (Å²) in [5.41, 5.74) is 2.16. The molecular formula is C21H28N2O4S. The minimum atomic E-state index is -3.95. The van der Waals surface area contributed by atoms with Crippen LogP contribution in [0.3, 0.4) is 0 Å². The zero-order valence-corrected chi connectivity index (χ0v) is 17.7. The maximum Gasteiger partial charge on any atom is 0.264 e. The van der Waals surface area contributed by atoms with Crippen LogP contribution in [-0.4, -0.2) is 34.5 Å². The second kappa shape index (κ2) is 9.59. The number of rotatable bonds is 9. The van der Waals surface area contributed by atoms with Crippen LogP contribution in [0.2, 0.25) is 0 Å². The molecule has 0 bridgehead atoms. The van der Waals surface area contributed by atoms with Gasteiger partial charge in [0.15, 0.2) is 0 Å². The van der Waals surface area contributed by atoms with E-state index in [1.807, 2.05) is 26.8 Å². The van der Waals surface area contributed by atoms with Crippen molar-refractivity contribution in [2.24, 2.45) is 0 Å². The summed E-state index contributed by atoms with van der Waals surface area (Å²) in [5, 5.41) is 2.78. The van der Waals surface area contributed by atoms with Crippen molar-refractivity contribution in [1.82, 2.24) is 5.32 Å². The Hall–Kier alpha value is -2.54. The third-order valence-electron chi connectivity index (χ3n) is 4.35. The van der Waals surface area contributed by atoms with Gasteiger partial charge in [0.1, 0.15) is 12.3 Å². The molecule has 6 nitrogen and oxygen atoms in total. The number of benzene rings is 2. The highest BCUT2D eigenvalue weighted by atomic mass is 32.2. The third kappa shape index (κ3) is 5.25. The first-order valence-corrected chi connectivity index (χ1v) is 10.7. The molecule has 2 rings (SSSR count). The van der Waals surface area contributed by atoms with Gasteiger partial charge >= 0.3 is 0 Å². The number of nitrogens with zero attached hydrogens (tertiary/aromatic N) is 1. The van der Waals surface area contributed by atoms with E-state index in [0.29, 0.717) is 18.0 Å². The Morgan fingerprint density at radius 1 is 1.07 bits per heavy atom. The lowest BCUT2D eigenvalue weighted by atomic mass is 10.2. The zero-order chi connectivity index (χ0) is 20.7. The van der Waals surface area contributed by atoms with Crippen molar-refractivity contribution in [2.45, 2.75) is 38.5 Å². The number of nitrogens with one attached hydrogen (secondary N) is 1. The summed E-state index contributed by atoms with van der Waals surface area (Å²) >= 11 is 0. The highest BCUT2D eigenvalue weighted by Gasteiger charge is 2.29. The van der Waals surface area contributed by atoms with E-state index in [0.717, 1.165) is 28.3 Å². The number of ether oxygens (including phenoxy) is 1. The maximum atomic E-state index is 13.4. The van der Waals surface area contributed by atoms with Gasteiger partial charge < -0.3 is 10.1 Å². The second-order valence-corrected chi connectivity index (χ2v) is 8.57. The summed E-state index contributed by atoms with van der Waals surface area (Å²) in [6, 6.07) is 11.8. The van der Waals surface area contributed by atoms with Gasteiger partial charge in [0.05, 0.1) is 17.7 Å². The Balaban J connectivity index is 2.48. The lowest BCUT2D eigenvalue weighted by Gasteiger charge is -2.26. The van der Waals surface area contributed by atoms with Crippen LogP contribution in [0.25, 0.3) is 0 Å². The molecule has 0 aromatic heterocycles. The minimum Gasteiger partial charge on any atom is -0.495 e. The number of anilines is 1. The van der Waals surface area contributed by atoms with Crippen LogP contribution in [0, 0.1) is 13.8 Å². The molecule has 0 fully saturated rings. The van der Waals surface area contributed by atoms with Gasteiger partial charge in [0.25, 0.3) is 10.0 Å². The molecule has 28 heavy (non-hydrogen) atoms. The van der Waals surface area contributed by atoms with Crippen LogP contribution < -0.4 is 14.4 Å². The van der Waals surface area contributed by atoms with E-state index in [-0.39, 0.29) is 17.3 Å². The maximum absolute atomic E-state index is 13.4. The first kappa shape index (κ1) is 21.8. The Bertz CT molecular complexity index is 909. The van der Waals surface area contributed by atoms with Crippen LogP contribution in [0.4, 0.5) is 5.69 Å². The fourth-order valence-electron chi connectivity index (χ4n) is 2.72. The molecule has 0 aliphatic rings. The molecule has 7 heteroatoms. The van der Waals surface area contributed by atoms with Gasteiger partial charge in [0, 0.05) is 6.54 Å². The fraction of sp³-hybridized carbons (Fsp3) is 0.381. The summed E-state index contributed by atoms with van der Waals surface area (Å²) in [6.07, 6.45) is 1.78. The van der Waals surface area contributed by atoms with Crippen molar-refractivity contribution >= 4 is 21.6 Å². The number of sulfonamides is 1. The van der Waals surface area contributed by atoms with E-state index in [9.17, 15) is 13.2 Å². The number of hydrogen-bond acceptors (Lipinski definition) is 4. The average molecular weight is 405 g/mol.